The van der Waals surface area contributed by atoms with Gasteiger partial charge in [0.15, 0.2) is 6.10 Å². The number of rotatable bonds is 9. The van der Waals surface area contributed by atoms with Crippen LogP contribution in [-0.2, 0) is 14.3 Å². The van der Waals surface area contributed by atoms with Gasteiger partial charge in [0.1, 0.15) is 11.4 Å². The first-order valence-corrected chi connectivity index (χ1v) is 9.70. The third-order valence-corrected chi connectivity index (χ3v) is 4.65. The van der Waals surface area contributed by atoms with Crippen molar-refractivity contribution in [1.29, 1.82) is 0 Å². The van der Waals surface area contributed by atoms with Crippen molar-refractivity contribution in [2.24, 2.45) is 0 Å². The molecule has 0 radical (unpaired) electrons. The molecule has 2 aromatic rings. The Morgan fingerprint density at radius 2 is 2.15 bits per heavy atom. The number of benzene rings is 1. The van der Waals surface area contributed by atoms with Crippen LogP contribution in [0.5, 0.6) is 5.75 Å². The zero-order valence-corrected chi connectivity index (χ0v) is 15.9. The van der Waals surface area contributed by atoms with E-state index in [0.29, 0.717) is 23.2 Å². The van der Waals surface area contributed by atoms with E-state index < -0.39 is 12.1 Å². The number of tetrazole rings is 1. The molecule has 1 fully saturated rings. The highest BCUT2D eigenvalue weighted by atomic mass is 32.2. The van der Waals surface area contributed by atoms with Gasteiger partial charge in [0.25, 0.3) is 5.91 Å². The molecular weight excluding hydrogens is 370 g/mol. The van der Waals surface area contributed by atoms with Gasteiger partial charge in [-0.05, 0) is 49.2 Å². The largest absolute Gasteiger partial charge is 0.492 e. The Bertz CT molecular complexity index is 808. The topological polar surface area (TPSA) is 108 Å². The second-order valence-electron chi connectivity index (χ2n) is 5.98. The number of ether oxygens (including phenoxy) is 2. The summed E-state index contributed by atoms with van der Waals surface area (Å²) in [6, 6.07) is 7.58. The minimum atomic E-state index is -0.826. The van der Waals surface area contributed by atoms with Gasteiger partial charge in [-0.3, -0.25) is 9.59 Å². The molecule has 3 rings (SSSR count). The Hall–Kier alpha value is -2.62. The van der Waals surface area contributed by atoms with Gasteiger partial charge in [-0.1, -0.05) is 23.9 Å². The molecule has 1 aliphatic carbocycles. The van der Waals surface area contributed by atoms with Gasteiger partial charge in [-0.2, -0.15) is 4.68 Å². The molecule has 10 heteroatoms. The normalized spacial score (nSPS) is 14.4. The highest BCUT2D eigenvalue weighted by molar-refractivity contribution is 7.99. The molecule has 1 aromatic carbocycles. The fraction of sp³-hybridized carbons (Fsp3) is 0.471. The Balaban J connectivity index is 1.58. The summed E-state index contributed by atoms with van der Waals surface area (Å²) in [7, 11) is 0. The summed E-state index contributed by atoms with van der Waals surface area (Å²) in [6.45, 7) is 3.96. The number of aromatic nitrogens is 4. The maximum Gasteiger partial charge on any atom is 0.317 e. The molecule has 27 heavy (non-hydrogen) atoms. The second kappa shape index (κ2) is 8.85. The van der Waals surface area contributed by atoms with Crippen LogP contribution in [-0.4, -0.2) is 56.6 Å². The second-order valence-corrected chi connectivity index (χ2v) is 6.92. The number of carbonyl (C=O) groups excluding carboxylic acids is 2. The predicted molar refractivity (Wildman–Crippen MR) is 97.8 cm³/mol. The molecule has 1 amide bonds. The average molecular weight is 391 g/mol. The zero-order valence-electron chi connectivity index (χ0n) is 15.1. The number of amides is 1. The number of hydrogen-bond donors (Lipinski definition) is 1. The van der Waals surface area contributed by atoms with Crippen LogP contribution >= 0.6 is 11.8 Å². The molecule has 9 nitrogen and oxygen atoms in total. The molecular formula is C17H21N5O4S. The lowest BCUT2D eigenvalue weighted by Crippen LogP contribution is -2.37. The molecule has 1 saturated carbocycles. The summed E-state index contributed by atoms with van der Waals surface area (Å²) in [5.74, 6) is -0.155. The SMILES string of the molecule is CCOc1ccccc1-n1nnnc1SCC(=O)O[C@@H](C)C(=O)NC1CC1. The van der Waals surface area contributed by atoms with E-state index in [1.807, 2.05) is 31.2 Å². The zero-order chi connectivity index (χ0) is 19.2. The van der Waals surface area contributed by atoms with E-state index in [9.17, 15) is 9.59 Å². The molecule has 1 aliphatic rings. The number of thioether (sulfide) groups is 1. The van der Waals surface area contributed by atoms with Crippen LogP contribution in [0.1, 0.15) is 26.7 Å². The summed E-state index contributed by atoms with van der Waals surface area (Å²) in [5, 5.41) is 14.8. The van der Waals surface area contributed by atoms with Crippen molar-refractivity contribution < 1.29 is 19.1 Å². The van der Waals surface area contributed by atoms with E-state index in [1.165, 1.54) is 4.68 Å². The maximum absolute atomic E-state index is 12.0. The van der Waals surface area contributed by atoms with Crippen molar-refractivity contribution in [3.05, 3.63) is 24.3 Å². The molecule has 1 N–H and O–H groups in total. The number of para-hydroxylation sites is 2. The fourth-order valence-electron chi connectivity index (χ4n) is 2.28. The minimum absolute atomic E-state index is 0.0157. The van der Waals surface area contributed by atoms with Crippen molar-refractivity contribution in [3.63, 3.8) is 0 Å². The van der Waals surface area contributed by atoms with Crippen molar-refractivity contribution in [2.45, 2.75) is 44.0 Å². The van der Waals surface area contributed by atoms with Gasteiger partial charge in [0.2, 0.25) is 5.16 Å². The maximum atomic E-state index is 12.0. The highest BCUT2D eigenvalue weighted by Crippen LogP contribution is 2.26. The molecule has 0 saturated heterocycles. The van der Waals surface area contributed by atoms with Crippen molar-refractivity contribution in [3.8, 4) is 11.4 Å². The van der Waals surface area contributed by atoms with Crippen molar-refractivity contribution in [1.82, 2.24) is 25.5 Å². The molecule has 0 unspecified atom stereocenters. The Labute approximate surface area is 160 Å². The average Bonchev–Trinajstić information content (AvgIpc) is 3.35. The van der Waals surface area contributed by atoms with Crippen LogP contribution in [0.25, 0.3) is 5.69 Å². The first-order chi connectivity index (χ1) is 13.1. The van der Waals surface area contributed by atoms with Crippen molar-refractivity contribution >= 4 is 23.6 Å². The van der Waals surface area contributed by atoms with Gasteiger partial charge in [0.05, 0.1) is 12.4 Å². The minimum Gasteiger partial charge on any atom is -0.492 e. The van der Waals surface area contributed by atoms with E-state index in [2.05, 4.69) is 20.8 Å². The molecule has 1 heterocycles. The first-order valence-electron chi connectivity index (χ1n) is 8.71. The molecule has 0 aliphatic heterocycles. The number of hydrogen-bond acceptors (Lipinski definition) is 8. The molecule has 0 spiro atoms. The van der Waals surface area contributed by atoms with Gasteiger partial charge >= 0.3 is 5.97 Å². The van der Waals surface area contributed by atoms with E-state index in [-0.39, 0.29) is 17.7 Å². The number of esters is 1. The fourth-order valence-corrected chi connectivity index (χ4v) is 2.95. The van der Waals surface area contributed by atoms with Crippen molar-refractivity contribution in [2.75, 3.05) is 12.4 Å². The summed E-state index contributed by atoms with van der Waals surface area (Å²) in [5.41, 5.74) is 0.678. The molecule has 1 atom stereocenters. The van der Waals surface area contributed by atoms with Crippen LogP contribution in [0.4, 0.5) is 0 Å². The Kier molecular flexibility index (Phi) is 6.28. The van der Waals surface area contributed by atoms with Crippen LogP contribution in [0.15, 0.2) is 29.4 Å². The summed E-state index contributed by atoms with van der Waals surface area (Å²) in [4.78, 5) is 23.9. The van der Waals surface area contributed by atoms with Gasteiger partial charge in [-0.25, -0.2) is 0 Å². The quantitative estimate of drug-likeness (QED) is 0.504. The highest BCUT2D eigenvalue weighted by Gasteiger charge is 2.27. The Morgan fingerprint density at radius 1 is 1.37 bits per heavy atom. The third kappa shape index (κ3) is 5.19. The molecule has 1 aromatic heterocycles. The lowest BCUT2D eigenvalue weighted by molar-refractivity contribution is -0.152. The van der Waals surface area contributed by atoms with E-state index in [1.54, 1.807) is 6.92 Å². The van der Waals surface area contributed by atoms with Gasteiger partial charge in [-0.15, -0.1) is 5.10 Å². The van der Waals surface area contributed by atoms with Crippen LogP contribution in [0.3, 0.4) is 0 Å². The summed E-state index contributed by atoms with van der Waals surface area (Å²) < 4.78 is 12.3. The molecule has 144 valence electrons. The predicted octanol–water partition coefficient (Wildman–Crippen LogP) is 1.36. The number of nitrogens with one attached hydrogen (secondary N) is 1. The lowest BCUT2D eigenvalue weighted by atomic mass is 10.3. The number of carbonyl (C=O) groups is 2. The van der Waals surface area contributed by atoms with Crippen LogP contribution in [0, 0.1) is 0 Å². The number of nitrogens with zero attached hydrogens (tertiary/aromatic N) is 4. The molecule has 0 bridgehead atoms. The lowest BCUT2D eigenvalue weighted by Gasteiger charge is -2.13. The first kappa shape index (κ1) is 19.2. The smallest absolute Gasteiger partial charge is 0.317 e. The van der Waals surface area contributed by atoms with E-state index >= 15 is 0 Å². The van der Waals surface area contributed by atoms with E-state index in [4.69, 9.17) is 9.47 Å². The van der Waals surface area contributed by atoms with Crippen LogP contribution < -0.4 is 10.1 Å². The standard InChI is InChI=1S/C17H21N5O4S/c1-3-25-14-7-5-4-6-13(14)22-17(19-20-21-22)27-10-15(23)26-11(2)16(24)18-12-8-9-12/h4-7,11-12H,3,8-10H2,1-2H3,(H,18,24)/t11-/m0/s1. The van der Waals surface area contributed by atoms with Gasteiger partial charge < -0.3 is 14.8 Å². The third-order valence-electron chi connectivity index (χ3n) is 3.75. The summed E-state index contributed by atoms with van der Waals surface area (Å²) >= 11 is 1.13. The monoisotopic (exact) mass is 391 g/mol. The summed E-state index contributed by atoms with van der Waals surface area (Å²) in [6.07, 6.45) is 1.14. The van der Waals surface area contributed by atoms with Gasteiger partial charge in [0, 0.05) is 6.04 Å². The van der Waals surface area contributed by atoms with Crippen LogP contribution in [0.2, 0.25) is 0 Å². The Morgan fingerprint density at radius 3 is 2.89 bits per heavy atom. The van der Waals surface area contributed by atoms with E-state index in [0.717, 1.165) is 24.6 Å².